The molecule has 21 heavy (non-hydrogen) atoms. The van der Waals surface area contributed by atoms with Crippen molar-refractivity contribution in [2.75, 3.05) is 0 Å². The summed E-state index contributed by atoms with van der Waals surface area (Å²) in [5.41, 5.74) is -2.45. The number of rotatable bonds is 11. The zero-order valence-electron chi connectivity index (χ0n) is 13.1. The predicted octanol–water partition coefficient (Wildman–Crippen LogP) is 0.614. The largest absolute Gasteiger partial charge is 0.549 e. The van der Waals surface area contributed by atoms with E-state index in [0.29, 0.717) is 6.42 Å². The number of carbonyl (C=O) groups excluding carboxylic acids is 3. The Labute approximate surface area is 126 Å². The smallest absolute Gasteiger partial charge is 0.131 e. The molecule has 0 aliphatic rings. The van der Waals surface area contributed by atoms with Gasteiger partial charge in [-0.25, -0.2) is 0 Å². The van der Waals surface area contributed by atoms with Gasteiger partial charge in [0.25, 0.3) is 0 Å². The quantitative estimate of drug-likeness (QED) is 0.520. The normalized spacial score (nSPS) is 15.0. The molecule has 0 amide bonds. The van der Waals surface area contributed by atoms with Crippen LogP contribution in [0.25, 0.3) is 0 Å². The Morgan fingerprint density at radius 2 is 1.76 bits per heavy atom. The number of aliphatic carboxylic acids is 2. The van der Waals surface area contributed by atoms with Crippen LogP contribution in [0.3, 0.4) is 0 Å². The van der Waals surface area contributed by atoms with Crippen LogP contribution in [-0.2, 0) is 14.4 Å². The van der Waals surface area contributed by atoms with E-state index in [2.05, 4.69) is 6.58 Å². The van der Waals surface area contributed by atoms with Crippen molar-refractivity contribution < 1.29 is 24.6 Å². The van der Waals surface area contributed by atoms with Gasteiger partial charge in [0.1, 0.15) is 5.78 Å². The van der Waals surface area contributed by atoms with E-state index in [1.165, 1.54) is 6.92 Å². The average molecular weight is 296 g/mol. The lowest BCUT2D eigenvalue weighted by Gasteiger charge is -2.39. The minimum Gasteiger partial charge on any atom is -0.549 e. The van der Waals surface area contributed by atoms with Gasteiger partial charge in [0.15, 0.2) is 0 Å². The number of carbonyl (C=O) groups is 3. The third-order valence-electron chi connectivity index (χ3n) is 3.95. The second-order valence-corrected chi connectivity index (χ2v) is 5.63. The van der Waals surface area contributed by atoms with Gasteiger partial charge >= 0.3 is 0 Å². The fourth-order valence-corrected chi connectivity index (χ4v) is 2.64. The standard InChI is InChI=1S/C16H26O5/c1-5-7-8-13(6-2)10-16(15(20)21,9-11(3)17)12(4)14(18)19/h13H,4-10H2,1-3H3,(H,18,19)(H,20,21)/p-2. The number of Topliss-reactive ketones (excluding diaryl/α,β-unsaturated/α-hetero) is 1. The Hall–Kier alpha value is -1.65. The highest BCUT2D eigenvalue weighted by Gasteiger charge is 2.38. The number of hydrogen-bond acceptors (Lipinski definition) is 5. The van der Waals surface area contributed by atoms with Gasteiger partial charge in [-0.15, -0.1) is 0 Å². The van der Waals surface area contributed by atoms with Crippen molar-refractivity contribution >= 4 is 17.7 Å². The summed E-state index contributed by atoms with van der Waals surface area (Å²) in [5, 5.41) is 22.7. The Bertz CT molecular complexity index is 413. The van der Waals surface area contributed by atoms with Crippen molar-refractivity contribution in [3.05, 3.63) is 12.2 Å². The first-order valence-electron chi connectivity index (χ1n) is 7.32. The lowest BCUT2D eigenvalue weighted by atomic mass is 9.69. The van der Waals surface area contributed by atoms with Crippen LogP contribution in [0.15, 0.2) is 12.2 Å². The van der Waals surface area contributed by atoms with Crippen LogP contribution in [0.4, 0.5) is 0 Å². The average Bonchev–Trinajstić information content (AvgIpc) is 2.40. The number of carboxylic acids is 2. The summed E-state index contributed by atoms with van der Waals surface area (Å²) in [7, 11) is 0. The van der Waals surface area contributed by atoms with E-state index in [4.69, 9.17) is 0 Å². The first-order chi connectivity index (χ1) is 9.71. The molecule has 0 aliphatic heterocycles. The molecular weight excluding hydrogens is 272 g/mol. The van der Waals surface area contributed by atoms with Crippen LogP contribution in [0.1, 0.15) is 59.3 Å². The predicted molar refractivity (Wildman–Crippen MR) is 74.8 cm³/mol. The summed E-state index contributed by atoms with van der Waals surface area (Å²) >= 11 is 0. The fourth-order valence-electron chi connectivity index (χ4n) is 2.64. The van der Waals surface area contributed by atoms with E-state index in [-0.39, 0.29) is 12.3 Å². The molecule has 0 radical (unpaired) electrons. The molecule has 0 saturated carbocycles. The van der Waals surface area contributed by atoms with Crippen LogP contribution < -0.4 is 10.2 Å². The summed E-state index contributed by atoms with van der Waals surface area (Å²) in [4.78, 5) is 34.1. The molecule has 0 heterocycles. The van der Waals surface area contributed by atoms with E-state index >= 15 is 0 Å². The SMILES string of the molecule is C=C(C(=O)[O-])C(CC(C)=O)(CC(CC)CCCC)C(=O)[O-]. The van der Waals surface area contributed by atoms with Crippen LogP contribution in [0.2, 0.25) is 0 Å². The van der Waals surface area contributed by atoms with Gasteiger partial charge in [-0.2, -0.15) is 0 Å². The Kier molecular flexibility index (Phi) is 7.92. The van der Waals surface area contributed by atoms with E-state index in [0.717, 1.165) is 19.3 Å². The molecule has 0 aromatic carbocycles. The van der Waals surface area contributed by atoms with Crippen molar-refractivity contribution in [2.24, 2.45) is 11.3 Å². The van der Waals surface area contributed by atoms with Gasteiger partial charge in [-0.3, -0.25) is 4.79 Å². The molecule has 120 valence electrons. The molecule has 0 spiro atoms. The molecule has 0 N–H and O–H groups in total. The van der Waals surface area contributed by atoms with E-state index in [1.807, 2.05) is 13.8 Å². The maximum atomic E-state index is 11.6. The number of unbranched alkanes of at least 4 members (excludes halogenated alkanes) is 1. The summed E-state index contributed by atoms with van der Waals surface area (Å²) in [6, 6.07) is 0. The maximum absolute atomic E-state index is 11.6. The van der Waals surface area contributed by atoms with Gasteiger partial charge in [-0.05, 0) is 24.8 Å². The summed E-state index contributed by atoms with van der Waals surface area (Å²) in [6.07, 6.45) is 2.97. The lowest BCUT2D eigenvalue weighted by molar-refractivity contribution is -0.322. The zero-order chi connectivity index (χ0) is 16.6. The van der Waals surface area contributed by atoms with Gasteiger partial charge in [-0.1, -0.05) is 46.1 Å². The fraction of sp³-hybridized carbons (Fsp3) is 0.688. The summed E-state index contributed by atoms with van der Waals surface area (Å²) in [6.45, 7) is 8.50. The molecule has 0 aromatic heterocycles. The monoisotopic (exact) mass is 296 g/mol. The van der Waals surface area contributed by atoms with Crippen LogP contribution >= 0.6 is 0 Å². The van der Waals surface area contributed by atoms with Crippen molar-refractivity contribution in [3.8, 4) is 0 Å². The van der Waals surface area contributed by atoms with Crippen LogP contribution in [-0.4, -0.2) is 17.7 Å². The number of ketones is 1. The Morgan fingerprint density at radius 3 is 2.10 bits per heavy atom. The highest BCUT2D eigenvalue weighted by molar-refractivity contribution is 5.97. The molecule has 2 atom stereocenters. The van der Waals surface area contributed by atoms with Gasteiger partial charge < -0.3 is 19.8 Å². The molecule has 0 saturated heterocycles. The van der Waals surface area contributed by atoms with Gasteiger partial charge in [0.05, 0.1) is 11.9 Å². The number of hydrogen-bond donors (Lipinski definition) is 0. The highest BCUT2D eigenvalue weighted by atomic mass is 16.4. The van der Waals surface area contributed by atoms with E-state index in [1.54, 1.807) is 0 Å². The molecule has 2 unspecified atom stereocenters. The second kappa shape index (κ2) is 8.60. The third-order valence-corrected chi connectivity index (χ3v) is 3.95. The second-order valence-electron chi connectivity index (χ2n) is 5.63. The molecule has 5 heteroatoms. The third kappa shape index (κ3) is 5.33. The summed E-state index contributed by atoms with van der Waals surface area (Å²) in [5.74, 6) is -3.63. The first-order valence-corrected chi connectivity index (χ1v) is 7.32. The topological polar surface area (TPSA) is 97.3 Å². The maximum Gasteiger partial charge on any atom is 0.131 e. The molecular formula is C16H24O5-2. The van der Waals surface area contributed by atoms with Crippen molar-refractivity contribution in [2.45, 2.75) is 59.3 Å². The summed E-state index contributed by atoms with van der Waals surface area (Å²) < 4.78 is 0. The van der Waals surface area contributed by atoms with Gasteiger partial charge in [0.2, 0.25) is 0 Å². The van der Waals surface area contributed by atoms with Crippen LogP contribution in [0, 0.1) is 11.3 Å². The molecule has 0 aromatic rings. The molecule has 0 rings (SSSR count). The molecule has 0 fully saturated rings. The van der Waals surface area contributed by atoms with Crippen molar-refractivity contribution in [1.82, 2.24) is 0 Å². The first kappa shape index (κ1) is 19.4. The Balaban J connectivity index is 5.54. The van der Waals surface area contributed by atoms with E-state index < -0.39 is 35.1 Å². The minimum absolute atomic E-state index is 0.00157. The van der Waals surface area contributed by atoms with Crippen molar-refractivity contribution in [1.29, 1.82) is 0 Å². The number of carboxylic acid groups (broad SMARTS) is 2. The van der Waals surface area contributed by atoms with Crippen LogP contribution in [0.5, 0.6) is 0 Å². The van der Waals surface area contributed by atoms with Crippen molar-refractivity contribution in [3.63, 3.8) is 0 Å². The van der Waals surface area contributed by atoms with Gasteiger partial charge in [0, 0.05) is 11.8 Å². The minimum atomic E-state index is -1.88. The molecule has 5 nitrogen and oxygen atoms in total. The van der Waals surface area contributed by atoms with E-state index in [9.17, 15) is 24.6 Å². The zero-order valence-corrected chi connectivity index (χ0v) is 13.1. The Morgan fingerprint density at radius 1 is 1.19 bits per heavy atom. The lowest BCUT2D eigenvalue weighted by Crippen LogP contribution is -2.49. The molecule has 0 aliphatic carbocycles. The molecule has 0 bridgehead atoms. The highest BCUT2D eigenvalue weighted by Crippen LogP contribution is 2.39.